The number of nitrogens with zero attached hydrogens (tertiary/aromatic N) is 3. The zero-order chi connectivity index (χ0) is 21.8. The molecular weight excluding hydrogens is 462 g/mol. The van der Waals surface area contributed by atoms with Crippen LogP contribution in [0.3, 0.4) is 0 Å². The predicted molar refractivity (Wildman–Crippen MR) is 124 cm³/mol. The Morgan fingerprint density at radius 1 is 1.13 bits per heavy atom. The summed E-state index contributed by atoms with van der Waals surface area (Å²) in [5.41, 5.74) is 2.16. The summed E-state index contributed by atoms with van der Waals surface area (Å²) in [5.74, 6) is 5.50. The fraction of sp³-hybridized carbons (Fsp3) is 0.182. The summed E-state index contributed by atoms with van der Waals surface area (Å²) in [6, 6.07) is 14.2. The molecule has 0 atom stereocenters. The number of hydrogen-bond acceptors (Lipinski definition) is 6. The molecule has 1 amide bonds. The van der Waals surface area contributed by atoms with Crippen LogP contribution in [0.25, 0.3) is 10.9 Å². The summed E-state index contributed by atoms with van der Waals surface area (Å²) >= 11 is 3.39. The molecular formula is C22H20BrN5O3. The first-order valence-electron chi connectivity index (χ1n) is 9.67. The number of amides is 1. The van der Waals surface area contributed by atoms with E-state index >= 15 is 0 Å². The number of aliphatic imine (C=N–C) groups is 1. The molecule has 1 aliphatic rings. The lowest BCUT2D eigenvalue weighted by molar-refractivity contribution is 0.0303. The van der Waals surface area contributed by atoms with Crippen molar-refractivity contribution in [3.05, 3.63) is 74.5 Å². The van der Waals surface area contributed by atoms with Gasteiger partial charge in [0.25, 0.3) is 11.5 Å². The van der Waals surface area contributed by atoms with Crippen molar-refractivity contribution in [2.45, 2.75) is 0 Å². The normalized spacial score (nSPS) is 15.0. The Morgan fingerprint density at radius 2 is 1.87 bits per heavy atom. The number of hydrazone groups is 1. The Balaban J connectivity index is 1.54. The number of carbonyl (C=O) groups is 1. The first-order valence-corrected chi connectivity index (χ1v) is 10.5. The van der Waals surface area contributed by atoms with Gasteiger partial charge in [-0.15, -0.1) is 0 Å². The first-order chi connectivity index (χ1) is 15.0. The molecule has 0 radical (unpaired) electrons. The maximum absolute atomic E-state index is 12.5. The average Bonchev–Trinajstić information content (AvgIpc) is 2.80. The Bertz CT molecular complexity index is 1230. The van der Waals surface area contributed by atoms with Crippen LogP contribution in [0.5, 0.6) is 0 Å². The number of aromatic amines is 1. The summed E-state index contributed by atoms with van der Waals surface area (Å²) < 4.78 is 6.15. The van der Waals surface area contributed by atoms with Crippen molar-refractivity contribution in [2.24, 2.45) is 15.9 Å². The number of carbonyl (C=O) groups excluding carboxylic acids is 1. The number of nitrogens with two attached hydrogens (primary N) is 1. The zero-order valence-corrected chi connectivity index (χ0v) is 18.1. The number of aromatic nitrogens is 1. The topological polar surface area (TPSA) is 113 Å². The van der Waals surface area contributed by atoms with E-state index in [-0.39, 0.29) is 17.2 Å². The smallest absolute Gasteiger partial charge is 0.258 e. The number of H-pyrrole nitrogens is 1. The Labute approximate surface area is 186 Å². The van der Waals surface area contributed by atoms with Crippen LogP contribution in [0.2, 0.25) is 0 Å². The highest BCUT2D eigenvalue weighted by Crippen LogP contribution is 2.18. The van der Waals surface area contributed by atoms with Crippen LogP contribution >= 0.6 is 15.9 Å². The Morgan fingerprint density at radius 3 is 2.58 bits per heavy atom. The van der Waals surface area contributed by atoms with Crippen LogP contribution in [-0.2, 0) is 4.74 Å². The Hall–Kier alpha value is -3.30. The van der Waals surface area contributed by atoms with E-state index in [4.69, 9.17) is 10.6 Å². The van der Waals surface area contributed by atoms with Gasteiger partial charge in [0.1, 0.15) is 5.71 Å². The third kappa shape index (κ3) is 4.73. The standard InChI is InChI=1S/C22H20BrN5O3/c23-16-4-1-15-11-18(21(29)26-19(15)12-16)20(27-24)13-25-17-5-2-14(3-6-17)22(30)28-7-9-31-10-8-28/h1-6,11-13H,7-10,24H2,(H,26,29). The van der Waals surface area contributed by atoms with Gasteiger partial charge in [0, 0.05) is 28.6 Å². The van der Waals surface area contributed by atoms with Crippen LogP contribution in [0.1, 0.15) is 15.9 Å². The summed E-state index contributed by atoms with van der Waals surface area (Å²) in [6.07, 6.45) is 1.44. The number of hydrogen-bond donors (Lipinski definition) is 2. The van der Waals surface area contributed by atoms with E-state index in [1.165, 1.54) is 6.21 Å². The molecule has 4 rings (SSSR count). The maximum Gasteiger partial charge on any atom is 0.258 e. The van der Waals surface area contributed by atoms with Crippen LogP contribution in [0.4, 0.5) is 5.69 Å². The van der Waals surface area contributed by atoms with Crippen molar-refractivity contribution in [3.63, 3.8) is 0 Å². The van der Waals surface area contributed by atoms with Crippen molar-refractivity contribution in [2.75, 3.05) is 26.3 Å². The van der Waals surface area contributed by atoms with E-state index in [0.717, 1.165) is 9.86 Å². The highest BCUT2D eigenvalue weighted by atomic mass is 79.9. The number of benzene rings is 2. The maximum atomic E-state index is 12.5. The van der Waals surface area contributed by atoms with Crippen molar-refractivity contribution < 1.29 is 9.53 Å². The molecule has 31 heavy (non-hydrogen) atoms. The predicted octanol–water partition coefficient (Wildman–Crippen LogP) is 2.83. The van der Waals surface area contributed by atoms with Gasteiger partial charge in [0.05, 0.1) is 30.7 Å². The van der Waals surface area contributed by atoms with Crippen molar-refractivity contribution in [1.82, 2.24) is 9.88 Å². The van der Waals surface area contributed by atoms with Gasteiger partial charge in [-0.05, 0) is 47.9 Å². The quantitative estimate of drug-likeness (QED) is 0.338. The second-order valence-electron chi connectivity index (χ2n) is 6.97. The highest BCUT2D eigenvalue weighted by molar-refractivity contribution is 9.10. The molecule has 0 saturated carbocycles. The number of rotatable bonds is 4. The van der Waals surface area contributed by atoms with Crippen molar-refractivity contribution in [1.29, 1.82) is 0 Å². The van der Waals surface area contributed by atoms with E-state index < -0.39 is 0 Å². The molecule has 9 heteroatoms. The van der Waals surface area contributed by atoms with Crippen molar-refractivity contribution >= 4 is 50.4 Å². The molecule has 2 aromatic carbocycles. The number of fused-ring (bicyclic) bond motifs is 1. The molecule has 1 saturated heterocycles. The van der Waals surface area contributed by atoms with E-state index in [1.807, 2.05) is 18.2 Å². The van der Waals surface area contributed by atoms with Gasteiger partial charge in [0.2, 0.25) is 0 Å². The van der Waals surface area contributed by atoms with Gasteiger partial charge in [-0.2, -0.15) is 5.10 Å². The average molecular weight is 482 g/mol. The molecule has 0 spiro atoms. The SMILES string of the molecule is NN=C(C=Nc1ccc(C(=O)N2CCOCC2)cc1)c1cc2ccc(Br)cc2[nH]c1=O. The van der Waals surface area contributed by atoms with Crippen LogP contribution in [0, 0.1) is 0 Å². The number of pyridine rings is 1. The van der Waals surface area contributed by atoms with Crippen molar-refractivity contribution in [3.8, 4) is 0 Å². The van der Waals surface area contributed by atoms with E-state index in [2.05, 4.69) is 31.0 Å². The van der Waals surface area contributed by atoms with Gasteiger partial charge in [-0.25, -0.2) is 0 Å². The van der Waals surface area contributed by atoms with Gasteiger partial charge >= 0.3 is 0 Å². The minimum Gasteiger partial charge on any atom is -0.378 e. The first kappa shape index (κ1) is 21.0. The minimum atomic E-state index is -0.312. The molecule has 1 fully saturated rings. The molecule has 3 aromatic rings. The van der Waals surface area contributed by atoms with Gasteiger partial charge < -0.3 is 20.5 Å². The monoisotopic (exact) mass is 481 g/mol. The molecule has 1 aliphatic heterocycles. The molecule has 2 heterocycles. The second kappa shape index (κ2) is 9.23. The zero-order valence-electron chi connectivity index (χ0n) is 16.5. The molecule has 0 unspecified atom stereocenters. The summed E-state index contributed by atoms with van der Waals surface area (Å²) in [7, 11) is 0. The summed E-state index contributed by atoms with van der Waals surface area (Å²) in [5, 5.41) is 4.58. The van der Waals surface area contributed by atoms with Gasteiger partial charge in [0.15, 0.2) is 0 Å². The lowest BCUT2D eigenvalue weighted by Crippen LogP contribution is -2.40. The summed E-state index contributed by atoms with van der Waals surface area (Å²) in [6.45, 7) is 2.29. The molecule has 158 valence electrons. The summed E-state index contributed by atoms with van der Waals surface area (Å²) in [4.78, 5) is 34.0. The molecule has 3 N–H and O–H groups in total. The second-order valence-corrected chi connectivity index (χ2v) is 7.88. The van der Waals surface area contributed by atoms with Crippen LogP contribution in [0.15, 0.2) is 67.9 Å². The fourth-order valence-electron chi connectivity index (χ4n) is 3.31. The molecule has 8 nitrogen and oxygen atoms in total. The van der Waals surface area contributed by atoms with E-state index in [1.54, 1.807) is 35.2 Å². The lowest BCUT2D eigenvalue weighted by atomic mass is 10.1. The molecule has 0 bridgehead atoms. The number of nitrogens with one attached hydrogen (secondary N) is 1. The lowest BCUT2D eigenvalue weighted by Gasteiger charge is -2.26. The third-order valence-electron chi connectivity index (χ3n) is 4.97. The van der Waals surface area contributed by atoms with Gasteiger partial charge in [-0.1, -0.05) is 22.0 Å². The fourth-order valence-corrected chi connectivity index (χ4v) is 3.67. The Kier molecular flexibility index (Phi) is 6.24. The number of halogens is 1. The van der Waals surface area contributed by atoms with E-state index in [0.29, 0.717) is 48.6 Å². The van der Waals surface area contributed by atoms with Crippen LogP contribution in [-0.4, -0.2) is 54.0 Å². The number of morpholine rings is 1. The third-order valence-corrected chi connectivity index (χ3v) is 5.46. The molecule has 1 aromatic heterocycles. The molecule has 0 aliphatic carbocycles. The largest absolute Gasteiger partial charge is 0.378 e. The van der Waals surface area contributed by atoms with E-state index in [9.17, 15) is 9.59 Å². The highest BCUT2D eigenvalue weighted by Gasteiger charge is 2.18. The number of ether oxygens (including phenoxy) is 1. The van der Waals surface area contributed by atoms with Gasteiger partial charge in [-0.3, -0.25) is 14.6 Å². The minimum absolute atomic E-state index is 0.0302. The van der Waals surface area contributed by atoms with Crippen LogP contribution < -0.4 is 11.4 Å².